The molecule has 0 saturated carbocycles. The summed E-state index contributed by atoms with van der Waals surface area (Å²) in [7, 11) is 1.56. The molecule has 0 amide bonds. The number of methoxy groups -OCH3 is 1. The number of carboxylic acids is 1. The van der Waals surface area contributed by atoms with Crippen molar-refractivity contribution in [2.24, 2.45) is 11.7 Å². The van der Waals surface area contributed by atoms with Gasteiger partial charge >= 0.3 is 5.97 Å². The Morgan fingerprint density at radius 1 is 1.50 bits per heavy atom. The predicted octanol–water partition coefficient (Wildman–Crippen LogP) is 1.67. The predicted molar refractivity (Wildman–Crippen MR) is 68.4 cm³/mol. The van der Waals surface area contributed by atoms with Crippen LogP contribution in [0.4, 0.5) is 0 Å². The molecule has 1 aromatic rings. The third kappa shape index (κ3) is 4.27. The summed E-state index contributed by atoms with van der Waals surface area (Å²) in [4.78, 5) is 11.2. The molecule has 3 N–H and O–H groups in total. The fourth-order valence-corrected chi connectivity index (χ4v) is 1.71. The highest BCUT2D eigenvalue weighted by molar-refractivity contribution is 5.70. The highest BCUT2D eigenvalue weighted by Crippen LogP contribution is 2.15. The SMILES string of the molecule is CCC(N)CC(Cc1c#cc(OC)cc1)C(=O)O. The minimum atomic E-state index is -0.817. The summed E-state index contributed by atoms with van der Waals surface area (Å²) in [5.74, 6) is -0.697. The molecule has 0 radical (unpaired) electrons. The molecule has 4 nitrogen and oxygen atoms in total. The zero-order valence-corrected chi connectivity index (χ0v) is 10.8. The first-order valence-electron chi connectivity index (χ1n) is 6.02. The maximum absolute atomic E-state index is 11.2. The zero-order valence-electron chi connectivity index (χ0n) is 10.8. The fraction of sp³-hybridized carbons (Fsp3) is 0.500. The molecule has 0 bridgehead atoms. The number of carbonyl (C=O) groups is 1. The molecule has 0 aliphatic rings. The summed E-state index contributed by atoms with van der Waals surface area (Å²) in [5.41, 5.74) is 6.62. The maximum Gasteiger partial charge on any atom is 0.306 e. The summed E-state index contributed by atoms with van der Waals surface area (Å²) < 4.78 is 4.98. The van der Waals surface area contributed by atoms with Gasteiger partial charge in [-0.05, 0) is 37.5 Å². The van der Waals surface area contributed by atoms with Crippen LogP contribution in [0.2, 0.25) is 0 Å². The molecular weight excluding hydrogens is 230 g/mol. The van der Waals surface area contributed by atoms with Crippen molar-refractivity contribution >= 4 is 5.97 Å². The molecule has 0 heterocycles. The molecule has 0 saturated heterocycles. The van der Waals surface area contributed by atoms with Crippen LogP contribution >= 0.6 is 0 Å². The molecule has 2 unspecified atom stereocenters. The van der Waals surface area contributed by atoms with E-state index in [-0.39, 0.29) is 6.04 Å². The van der Waals surface area contributed by atoms with Crippen LogP contribution < -0.4 is 10.5 Å². The van der Waals surface area contributed by atoms with Gasteiger partial charge in [0.05, 0.1) is 13.0 Å². The number of hydrogen-bond acceptors (Lipinski definition) is 3. The van der Waals surface area contributed by atoms with Crippen molar-refractivity contribution in [2.45, 2.75) is 32.2 Å². The lowest BCUT2D eigenvalue weighted by atomic mass is 9.93. The van der Waals surface area contributed by atoms with E-state index in [1.807, 2.05) is 13.0 Å². The Hall–Kier alpha value is -1.73. The highest BCUT2D eigenvalue weighted by atomic mass is 16.5. The van der Waals surface area contributed by atoms with Gasteiger partial charge in [-0.2, -0.15) is 0 Å². The molecule has 0 aromatic heterocycles. The van der Waals surface area contributed by atoms with E-state index in [0.717, 1.165) is 12.0 Å². The largest absolute Gasteiger partial charge is 0.489 e. The minimum absolute atomic E-state index is 0.0756. The van der Waals surface area contributed by atoms with Gasteiger partial charge in [-0.3, -0.25) is 4.79 Å². The third-order valence-electron chi connectivity index (χ3n) is 2.93. The Balaban J connectivity index is 2.67. The quantitative estimate of drug-likeness (QED) is 0.771. The molecule has 0 aliphatic carbocycles. The average molecular weight is 249 g/mol. The van der Waals surface area contributed by atoms with Gasteiger partial charge in [0, 0.05) is 11.6 Å². The van der Waals surface area contributed by atoms with Crippen molar-refractivity contribution in [2.75, 3.05) is 7.11 Å². The van der Waals surface area contributed by atoms with E-state index >= 15 is 0 Å². The number of rotatable bonds is 7. The summed E-state index contributed by atoms with van der Waals surface area (Å²) in [5, 5.41) is 9.18. The van der Waals surface area contributed by atoms with Gasteiger partial charge in [-0.1, -0.05) is 13.0 Å². The Kier molecular flexibility index (Phi) is 5.47. The Morgan fingerprint density at radius 3 is 2.67 bits per heavy atom. The molecule has 4 heteroatoms. The average Bonchev–Trinajstić information content (AvgIpc) is 2.38. The summed E-state index contributed by atoms with van der Waals surface area (Å²) >= 11 is 0. The van der Waals surface area contributed by atoms with Gasteiger partial charge in [0.1, 0.15) is 0 Å². The Bertz CT molecular complexity index is 375. The lowest BCUT2D eigenvalue weighted by Crippen LogP contribution is -2.28. The van der Waals surface area contributed by atoms with E-state index in [2.05, 4.69) is 12.1 Å². The smallest absolute Gasteiger partial charge is 0.306 e. The molecule has 1 aromatic carbocycles. The van der Waals surface area contributed by atoms with Crippen LogP contribution in [0.3, 0.4) is 0 Å². The van der Waals surface area contributed by atoms with Crippen LogP contribution in [0.15, 0.2) is 12.1 Å². The zero-order chi connectivity index (χ0) is 13.5. The minimum Gasteiger partial charge on any atom is -0.489 e. The highest BCUT2D eigenvalue weighted by Gasteiger charge is 2.20. The van der Waals surface area contributed by atoms with E-state index in [1.54, 1.807) is 13.2 Å². The summed E-state index contributed by atoms with van der Waals surface area (Å²) in [6.45, 7) is 1.96. The standard InChI is InChI=1S/C14H19NO3/c1-3-12(15)9-11(14(16)17)8-10-4-6-13(18-2)7-5-10/h4,6,11-12H,3,8-9,15H2,1-2H3,(H,16,17). The second kappa shape index (κ2) is 6.87. The molecule has 0 fully saturated rings. The van der Waals surface area contributed by atoms with Gasteiger partial charge in [0.25, 0.3) is 0 Å². The van der Waals surface area contributed by atoms with Crippen LogP contribution in [-0.2, 0) is 11.2 Å². The van der Waals surface area contributed by atoms with Crippen molar-refractivity contribution in [1.29, 1.82) is 0 Å². The van der Waals surface area contributed by atoms with Crippen LogP contribution in [0.1, 0.15) is 25.3 Å². The molecule has 1 rings (SSSR count). The molecule has 2 atom stereocenters. The van der Waals surface area contributed by atoms with Gasteiger partial charge < -0.3 is 15.6 Å². The van der Waals surface area contributed by atoms with Crippen molar-refractivity contribution in [1.82, 2.24) is 0 Å². The Labute approximate surface area is 108 Å². The van der Waals surface area contributed by atoms with Crippen LogP contribution in [0, 0.1) is 18.1 Å². The lowest BCUT2D eigenvalue weighted by molar-refractivity contribution is -0.142. The van der Waals surface area contributed by atoms with Crippen LogP contribution in [-0.4, -0.2) is 24.2 Å². The molecule has 98 valence electrons. The van der Waals surface area contributed by atoms with Crippen molar-refractivity contribution in [3.8, 4) is 5.75 Å². The van der Waals surface area contributed by atoms with E-state index in [0.29, 0.717) is 18.6 Å². The first-order chi connectivity index (χ1) is 8.56. The Morgan fingerprint density at radius 2 is 2.22 bits per heavy atom. The van der Waals surface area contributed by atoms with Gasteiger partial charge in [0.2, 0.25) is 0 Å². The molecular formula is C14H19NO3. The number of hydrogen-bond donors (Lipinski definition) is 2. The molecule has 0 spiro atoms. The van der Waals surface area contributed by atoms with Crippen molar-refractivity contribution in [3.05, 3.63) is 29.8 Å². The normalized spacial score (nSPS) is 13.5. The summed E-state index contributed by atoms with van der Waals surface area (Å²) in [6, 6.07) is 9.22. The molecule has 0 aliphatic heterocycles. The maximum atomic E-state index is 11.2. The van der Waals surface area contributed by atoms with Crippen molar-refractivity contribution < 1.29 is 14.6 Å². The fourth-order valence-electron chi connectivity index (χ4n) is 1.71. The first kappa shape index (κ1) is 14.3. The van der Waals surface area contributed by atoms with Crippen LogP contribution in [0.5, 0.6) is 5.75 Å². The van der Waals surface area contributed by atoms with E-state index < -0.39 is 11.9 Å². The third-order valence-corrected chi connectivity index (χ3v) is 2.93. The number of aliphatic carboxylic acids is 1. The number of nitrogens with two attached hydrogens (primary N) is 1. The van der Waals surface area contributed by atoms with Gasteiger partial charge in [0.15, 0.2) is 5.75 Å². The lowest BCUT2D eigenvalue weighted by Gasteiger charge is -2.15. The number of carboxylic acid groups (broad SMARTS) is 1. The van der Waals surface area contributed by atoms with Gasteiger partial charge in [-0.25, -0.2) is 0 Å². The molecule has 18 heavy (non-hydrogen) atoms. The second-order valence-corrected chi connectivity index (χ2v) is 4.32. The van der Waals surface area contributed by atoms with Crippen molar-refractivity contribution in [3.63, 3.8) is 0 Å². The summed E-state index contributed by atoms with van der Waals surface area (Å²) in [6.07, 6.45) is 1.68. The second-order valence-electron chi connectivity index (χ2n) is 4.32. The first-order valence-corrected chi connectivity index (χ1v) is 6.02. The van der Waals surface area contributed by atoms with E-state index in [1.165, 1.54) is 0 Å². The van der Waals surface area contributed by atoms with E-state index in [4.69, 9.17) is 10.5 Å². The van der Waals surface area contributed by atoms with E-state index in [9.17, 15) is 9.90 Å². The van der Waals surface area contributed by atoms with Crippen LogP contribution in [0.25, 0.3) is 0 Å². The monoisotopic (exact) mass is 249 g/mol. The van der Waals surface area contributed by atoms with Gasteiger partial charge in [-0.15, -0.1) is 0 Å². The number of ether oxygens (including phenoxy) is 1. The topological polar surface area (TPSA) is 72.5 Å².